The fourth-order valence-electron chi connectivity index (χ4n) is 1.68. The highest BCUT2D eigenvalue weighted by atomic mass is 32.1. The van der Waals surface area contributed by atoms with Gasteiger partial charge in [-0.2, -0.15) is 0 Å². The van der Waals surface area contributed by atoms with E-state index in [1.807, 2.05) is 6.92 Å². The molecule has 88 valence electrons. The molecule has 1 aromatic rings. The largest absolute Gasteiger partial charge is 0.391 e. The Morgan fingerprint density at radius 3 is 3.06 bits per heavy atom. The number of nitrogens with two attached hydrogens (primary N) is 1. The zero-order valence-electron chi connectivity index (χ0n) is 9.09. The molecule has 16 heavy (non-hydrogen) atoms. The van der Waals surface area contributed by atoms with Crippen molar-refractivity contribution >= 4 is 17.2 Å². The zero-order chi connectivity index (χ0) is 11.7. The van der Waals surface area contributed by atoms with Crippen LogP contribution in [0.4, 0.5) is 0 Å². The van der Waals surface area contributed by atoms with E-state index in [-0.39, 0.29) is 11.9 Å². The number of aliphatic hydroxyl groups excluding tert-OH is 1. The summed E-state index contributed by atoms with van der Waals surface area (Å²) in [6, 6.07) is -0.143. The number of aromatic nitrogens is 1. The minimum absolute atomic E-state index is 0.111. The van der Waals surface area contributed by atoms with Crippen LogP contribution in [0.5, 0.6) is 0 Å². The first kappa shape index (κ1) is 11.5. The van der Waals surface area contributed by atoms with Crippen LogP contribution in [0.3, 0.4) is 0 Å². The van der Waals surface area contributed by atoms with E-state index in [0.717, 1.165) is 5.01 Å². The standard InChI is InChI=1S/C10H15N3O2S/c1-6(11)9-12-8(5-16-9)10(15)13-3-2-7(14)4-13/h5-7,14H,2-4,11H2,1H3/t6?,7-/m0/s1. The molecule has 1 aromatic heterocycles. The molecule has 1 fully saturated rings. The van der Waals surface area contributed by atoms with E-state index in [2.05, 4.69) is 4.98 Å². The Labute approximate surface area is 97.9 Å². The third-order valence-electron chi connectivity index (χ3n) is 2.58. The fourth-order valence-corrected chi connectivity index (χ4v) is 2.43. The Kier molecular flexibility index (Phi) is 3.22. The summed E-state index contributed by atoms with van der Waals surface area (Å²) in [6.45, 7) is 2.85. The lowest BCUT2D eigenvalue weighted by molar-refractivity contribution is 0.0760. The summed E-state index contributed by atoms with van der Waals surface area (Å²) in [7, 11) is 0. The van der Waals surface area contributed by atoms with Gasteiger partial charge in [-0.1, -0.05) is 0 Å². The monoisotopic (exact) mass is 241 g/mol. The Morgan fingerprint density at radius 1 is 1.81 bits per heavy atom. The second kappa shape index (κ2) is 4.48. The summed E-state index contributed by atoms with van der Waals surface area (Å²) in [5, 5.41) is 11.9. The first-order valence-electron chi connectivity index (χ1n) is 5.26. The predicted molar refractivity (Wildman–Crippen MR) is 61.2 cm³/mol. The molecule has 2 rings (SSSR count). The van der Waals surface area contributed by atoms with Crippen LogP contribution >= 0.6 is 11.3 Å². The van der Waals surface area contributed by atoms with E-state index in [9.17, 15) is 9.90 Å². The third-order valence-corrected chi connectivity index (χ3v) is 3.63. The number of amides is 1. The minimum atomic E-state index is -0.393. The van der Waals surface area contributed by atoms with Gasteiger partial charge in [-0.3, -0.25) is 4.79 Å². The Hall–Kier alpha value is -0.980. The number of carbonyl (C=O) groups excluding carboxylic acids is 1. The van der Waals surface area contributed by atoms with E-state index < -0.39 is 6.10 Å². The number of nitrogens with zero attached hydrogens (tertiary/aromatic N) is 2. The van der Waals surface area contributed by atoms with Crippen molar-refractivity contribution in [3.63, 3.8) is 0 Å². The van der Waals surface area contributed by atoms with Gasteiger partial charge in [0, 0.05) is 18.5 Å². The topological polar surface area (TPSA) is 79.5 Å². The molecular weight excluding hydrogens is 226 g/mol. The molecule has 0 radical (unpaired) electrons. The molecule has 0 aliphatic carbocycles. The van der Waals surface area contributed by atoms with Crippen molar-refractivity contribution in [2.45, 2.75) is 25.5 Å². The number of hydrogen-bond acceptors (Lipinski definition) is 5. The molecule has 0 aromatic carbocycles. The van der Waals surface area contributed by atoms with Crippen LogP contribution in [0.25, 0.3) is 0 Å². The highest BCUT2D eigenvalue weighted by molar-refractivity contribution is 7.09. The summed E-state index contributed by atoms with van der Waals surface area (Å²) in [6.07, 6.45) is 0.256. The molecule has 5 nitrogen and oxygen atoms in total. The van der Waals surface area contributed by atoms with Crippen LogP contribution < -0.4 is 5.73 Å². The van der Waals surface area contributed by atoms with Crippen LogP contribution in [0.2, 0.25) is 0 Å². The molecule has 0 spiro atoms. The van der Waals surface area contributed by atoms with Gasteiger partial charge in [-0.05, 0) is 13.3 Å². The Bertz CT molecular complexity index is 391. The van der Waals surface area contributed by atoms with Crippen LogP contribution in [0.15, 0.2) is 5.38 Å². The molecule has 1 saturated heterocycles. The highest BCUT2D eigenvalue weighted by Crippen LogP contribution is 2.19. The quantitative estimate of drug-likeness (QED) is 0.784. The average Bonchev–Trinajstić information content (AvgIpc) is 2.84. The van der Waals surface area contributed by atoms with Gasteiger partial charge in [0.05, 0.1) is 12.1 Å². The minimum Gasteiger partial charge on any atom is -0.391 e. The lowest BCUT2D eigenvalue weighted by atomic mass is 10.3. The summed E-state index contributed by atoms with van der Waals surface area (Å²) in [4.78, 5) is 17.8. The fraction of sp³-hybridized carbons (Fsp3) is 0.600. The summed E-state index contributed by atoms with van der Waals surface area (Å²) in [5.41, 5.74) is 6.12. The number of rotatable bonds is 2. The Morgan fingerprint density at radius 2 is 2.56 bits per heavy atom. The van der Waals surface area contributed by atoms with Crippen LogP contribution in [0.1, 0.15) is 34.9 Å². The summed E-state index contributed by atoms with van der Waals surface area (Å²) >= 11 is 1.40. The second-order valence-electron chi connectivity index (χ2n) is 4.05. The molecule has 1 amide bonds. The van der Waals surface area contributed by atoms with Crippen molar-refractivity contribution in [3.05, 3.63) is 16.1 Å². The lowest BCUT2D eigenvalue weighted by Crippen LogP contribution is -2.29. The number of aliphatic hydroxyl groups is 1. The first-order chi connectivity index (χ1) is 7.58. The predicted octanol–water partition coefficient (Wildman–Crippen LogP) is 0.370. The molecule has 1 aliphatic rings. The average molecular weight is 241 g/mol. The van der Waals surface area contributed by atoms with Gasteiger partial charge in [-0.15, -0.1) is 11.3 Å². The smallest absolute Gasteiger partial charge is 0.273 e. The van der Waals surface area contributed by atoms with Crippen molar-refractivity contribution < 1.29 is 9.90 Å². The Balaban J connectivity index is 2.09. The van der Waals surface area contributed by atoms with Gasteiger partial charge in [0.15, 0.2) is 0 Å². The van der Waals surface area contributed by atoms with E-state index in [1.165, 1.54) is 11.3 Å². The van der Waals surface area contributed by atoms with Crippen molar-refractivity contribution in [2.75, 3.05) is 13.1 Å². The lowest BCUT2D eigenvalue weighted by Gasteiger charge is -2.13. The maximum absolute atomic E-state index is 11.9. The first-order valence-corrected chi connectivity index (χ1v) is 6.14. The SMILES string of the molecule is CC(N)c1nc(C(=O)N2CC[C@H](O)C2)cs1. The van der Waals surface area contributed by atoms with E-state index in [0.29, 0.717) is 25.2 Å². The van der Waals surface area contributed by atoms with Crippen molar-refractivity contribution in [3.8, 4) is 0 Å². The number of carbonyl (C=O) groups is 1. The molecule has 0 bridgehead atoms. The van der Waals surface area contributed by atoms with Crippen molar-refractivity contribution in [1.29, 1.82) is 0 Å². The molecule has 3 N–H and O–H groups in total. The van der Waals surface area contributed by atoms with Gasteiger partial charge in [0.1, 0.15) is 10.7 Å². The van der Waals surface area contributed by atoms with Crippen molar-refractivity contribution in [1.82, 2.24) is 9.88 Å². The second-order valence-corrected chi connectivity index (χ2v) is 4.94. The number of β-amino-alcohol motifs (C(OH)–C–C–N with tert-alkyl or cyclic N) is 1. The molecule has 0 saturated carbocycles. The summed E-state index contributed by atoms with van der Waals surface area (Å²) in [5.74, 6) is -0.111. The van der Waals surface area contributed by atoms with Crippen LogP contribution in [-0.4, -0.2) is 40.1 Å². The number of thiazole rings is 1. The van der Waals surface area contributed by atoms with Crippen LogP contribution in [0, 0.1) is 0 Å². The molecule has 1 aliphatic heterocycles. The zero-order valence-corrected chi connectivity index (χ0v) is 9.91. The van der Waals surface area contributed by atoms with Gasteiger partial charge < -0.3 is 15.7 Å². The van der Waals surface area contributed by atoms with Crippen molar-refractivity contribution in [2.24, 2.45) is 5.73 Å². The van der Waals surface area contributed by atoms with Gasteiger partial charge in [0.2, 0.25) is 0 Å². The van der Waals surface area contributed by atoms with Crippen LogP contribution in [-0.2, 0) is 0 Å². The summed E-state index contributed by atoms with van der Waals surface area (Å²) < 4.78 is 0. The van der Waals surface area contributed by atoms with Gasteiger partial charge in [0.25, 0.3) is 5.91 Å². The maximum atomic E-state index is 11.9. The molecule has 6 heteroatoms. The number of hydrogen-bond donors (Lipinski definition) is 2. The highest BCUT2D eigenvalue weighted by Gasteiger charge is 2.26. The van der Waals surface area contributed by atoms with E-state index >= 15 is 0 Å². The van der Waals surface area contributed by atoms with Gasteiger partial charge >= 0.3 is 0 Å². The number of likely N-dealkylation sites (tertiary alicyclic amines) is 1. The third kappa shape index (κ3) is 2.23. The van der Waals surface area contributed by atoms with Gasteiger partial charge in [-0.25, -0.2) is 4.98 Å². The molecular formula is C10H15N3O2S. The van der Waals surface area contributed by atoms with E-state index in [4.69, 9.17) is 5.73 Å². The van der Waals surface area contributed by atoms with E-state index in [1.54, 1.807) is 10.3 Å². The normalized spacial score (nSPS) is 22.4. The maximum Gasteiger partial charge on any atom is 0.273 e. The molecule has 1 unspecified atom stereocenters. The molecule has 2 atom stereocenters. The molecule has 2 heterocycles.